The number of anilines is 2. The van der Waals surface area contributed by atoms with Gasteiger partial charge in [0.25, 0.3) is 0 Å². The van der Waals surface area contributed by atoms with Crippen molar-refractivity contribution >= 4 is 22.6 Å². The lowest BCUT2D eigenvalue weighted by atomic mass is 10.3. The van der Waals surface area contributed by atoms with Crippen molar-refractivity contribution in [1.29, 1.82) is 0 Å². The van der Waals surface area contributed by atoms with Gasteiger partial charge in [-0.1, -0.05) is 0 Å². The predicted octanol–water partition coefficient (Wildman–Crippen LogP) is 0.817. The van der Waals surface area contributed by atoms with Gasteiger partial charge in [-0.05, 0) is 6.92 Å². The molecule has 0 bridgehead atoms. The molecule has 0 spiro atoms. The van der Waals surface area contributed by atoms with Gasteiger partial charge in [-0.2, -0.15) is 9.36 Å². The fraction of sp³-hybridized carbons (Fsp3) is 0.375. The van der Waals surface area contributed by atoms with Crippen molar-refractivity contribution in [3.63, 3.8) is 0 Å². The highest BCUT2D eigenvalue weighted by Crippen LogP contribution is 2.13. The maximum absolute atomic E-state index is 5.42. The van der Waals surface area contributed by atoms with Crippen LogP contribution in [0.15, 0.2) is 18.7 Å². The van der Waals surface area contributed by atoms with E-state index in [-0.39, 0.29) is 6.04 Å². The second-order valence-corrected chi connectivity index (χ2v) is 4.01. The van der Waals surface area contributed by atoms with E-state index < -0.39 is 0 Å². The summed E-state index contributed by atoms with van der Waals surface area (Å²) in [5.74, 6) is 0.317. The Hall–Kier alpha value is -1.63. The first-order chi connectivity index (χ1) is 7.24. The Morgan fingerprint density at radius 2 is 2.53 bits per heavy atom. The van der Waals surface area contributed by atoms with Crippen LogP contribution < -0.4 is 11.1 Å². The lowest BCUT2D eigenvalue weighted by molar-refractivity contribution is 0.618. The summed E-state index contributed by atoms with van der Waals surface area (Å²) in [6.07, 6.45) is 5.47. The molecular formula is C8H12N6S. The molecule has 6 nitrogen and oxygen atoms in total. The van der Waals surface area contributed by atoms with E-state index in [1.807, 2.05) is 10.8 Å². The van der Waals surface area contributed by atoms with Gasteiger partial charge < -0.3 is 15.6 Å². The van der Waals surface area contributed by atoms with Crippen LogP contribution in [0.2, 0.25) is 0 Å². The van der Waals surface area contributed by atoms with E-state index in [0.29, 0.717) is 5.95 Å². The maximum atomic E-state index is 5.42. The number of nitrogens with zero attached hydrogens (tertiary/aromatic N) is 4. The molecule has 0 amide bonds. The smallest absolute Gasteiger partial charge is 0.233 e. The summed E-state index contributed by atoms with van der Waals surface area (Å²) >= 11 is 1.27. The molecule has 2 aromatic rings. The minimum absolute atomic E-state index is 0.256. The molecule has 15 heavy (non-hydrogen) atoms. The number of nitrogens with one attached hydrogen (secondary N) is 1. The fourth-order valence-corrected chi connectivity index (χ4v) is 1.87. The number of aromatic nitrogens is 4. The first-order valence-corrected chi connectivity index (χ1v) is 5.33. The minimum atomic E-state index is 0.256. The molecule has 0 aliphatic heterocycles. The van der Waals surface area contributed by atoms with Crippen molar-refractivity contribution in [3.05, 3.63) is 18.7 Å². The Labute approximate surface area is 91.3 Å². The van der Waals surface area contributed by atoms with E-state index in [4.69, 9.17) is 5.73 Å². The van der Waals surface area contributed by atoms with Crippen molar-refractivity contribution in [2.75, 3.05) is 11.1 Å². The molecule has 2 aromatic heterocycles. The third kappa shape index (κ3) is 2.66. The third-order valence-corrected chi connectivity index (χ3v) is 2.52. The monoisotopic (exact) mass is 224 g/mol. The van der Waals surface area contributed by atoms with Gasteiger partial charge >= 0.3 is 0 Å². The van der Waals surface area contributed by atoms with Crippen LogP contribution in [0, 0.1) is 0 Å². The Morgan fingerprint density at radius 1 is 1.67 bits per heavy atom. The van der Waals surface area contributed by atoms with E-state index >= 15 is 0 Å². The zero-order valence-corrected chi connectivity index (χ0v) is 9.11. The van der Waals surface area contributed by atoms with Crippen LogP contribution in [0.1, 0.15) is 6.92 Å². The Kier molecular flexibility index (Phi) is 2.82. The standard InChI is InChI=1S/C8H12N6S/c1-6(4-14-3-2-10-5-14)11-8-12-7(9)13-15-8/h2-3,5-6H,4H2,1H3,(H3,9,11,12,13). The highest BCUT2D eigenvalue weighted by molar-refractivity contribution is 7.09. The molecule has 1 atom stereocenters. The average Bonchev–Trinajstić information content (AvgIpc) is 2.77. The Bertz CT molecular complexity index is 408. The van der Waals surface area contributed by atoms with Crippen molar-refractivity contribution in [2.45, 2.75) is 19.5 Å². The summed E-state index contributed by atoms with van der Waals surface area (Å²) < 4.78 is 5.90. The SMILES string of the molecule is CC(Cn1ccnc1)Nc1nc(N)ns1. The molecule has 0 aromatic carbocycles. The molecule has 0 aliphatic carbocycles. The van der Waals surface area contributed by atoms with E-state index in [1.165, 1.54) is 11.5 Å². The van der Waals surface area contributed by atoms with Gasteiger partial charge in [-0.25, -0.2) is 4.98 Å². The highest BCUT2D eigenvalue weighted by Gasteiger charge is 2.06. The lowest BCUT2D eigenvalue weighted by Crippen LogP contribution is -2.21. The molecule has 2 heterocycles. The van der Waals surface area contributed by atoms with Crippen molar-refractivity contribution in [2.24, 2.45) is 0 Å². The quantitative estimate of drug-likeness (QED) is 0.803. The number of hydrogen-bond donors (Lipinski definition) is 2. The minimum Gasteiger partial charge on any atom is -0.367 e. The van der Waals surface area contributed by atoms with E-state index in [2.05, 4.69) is 26.6 Å². The van der Waals surface area contributed by atoms with Crippen LogP contribution in [0.4, 0.5) is 11.1 Å². The van der Waals surface area contributed by atoms with Crippen LogP contribution in [-0.2, 0) is 6.54 Å². The highest BCUT2D eigenvalue weighted by atomic mass is 32.1. The van der Waals surface area contributed by atoms with Crippen LogP contribution >= 0.6 is 11.5 Å². The molecule has 0 radical (unpaired) electrons. The van der Waals surface area contributed by atoms with E-state index in [9.17, 15) is 0 Å². The normalized spacial score (nSPS) is 12.6. The summed E-state index contributed by atoms with van der Waals surface area (Å²) in [5, 5.41) is 3.97. The van der Waals surface area contributed by atoms with Crippen LogP contribution in [0.3, 0.4) is 0 Å². The van der Waals surface area contributed by atoms with E-state index in [1.54, 1.807) is 12.5 Å². The summed E-state index contributed by atoms with van der Waals surface area (Å²) in [6, 6.07) is 0.256. The summed E-state index contributed by atoms with van der Waals surface area (Å²) in [7, 11) is 0. The van der Waals surface area contributed by atoms with Crippen molar-refractivity contribution < 1.29 is 0 Å². The number of rotatable bonds is 4. The Morgan fingerprint density at radius 3 is 3.13 bits per heavy atom. The second-order valence-electron chi connectivity index (χ2n) is 3.26. The largest absolute Gasteiger partial charge is 0.367 e. The van der Waals surface area contributed by atoms with Crippen LogP contribution in [0.25, 0.3) is 0 Å². The molecule has 0 saturated heterocycles. The molecule has 7 heteroatoms. The van der Waals surface area contributed by atoms with Gasteiger partial charge in [-0.15, -0.1) is 0 Å². The maximum Gasteiger partial charge on any atom is 0.233 e. The summed E-state index contributed by atoms with van der Waals surface area (Å²) in [6.45, 7) is 2.90. The average molecular weight is 224 g/mol. The topological polar surface area (TPSA) is 81.7 Å². The van der Waals surface area contributed by atoms with Gasteiger partial charge in [0.05, 0.1) is 6.33 Å². The molecular weight excluding hydrogens is 212 g/mol. The summed E-state index contributed by atoms with van der Waals surface area (Å²) in [5.41, 5.74) is 5.42. The van der Waals surface area contributed by atoms with Crippen LogP contribution in [0.5, 0.6) is 0 Å². The van der Waals surface area contributed by atoms with Gasteiger partial charge in [-0.3, -0.25) is 0 Å². The van der Waals surface area contributed by atoms with Gasteiger partial charge in [0.2, 0.25) is 11.1 Å². The van der Waals surface area contributed by atoms with Gasteiger partial charge in [0.1, 0.15) is 0 Å². The summed E-state index contributed by atoms with van der Waals surface area (Å²) in [4.78, 5) is 8.01. The Balaban J connectivity index is 1.90. The molecule has 0 saturated carbocycles. The second kappa shape index (κ2) is 4.26. The zero-order valence-electron chi connectivity index (χ0n) is 8.29. The molecule has 2 rings (SSSR count). The molecule has 3 N–H and O–H groups in total. The fourth-order valence-electron chi connectivity index (χ4n) is 1.26. The van der Waals surface area contributed by atoms with Crippen molar-refractivity contribution in [3.8, 4) is 0 Å². The van der Waals surface area contributed by atoms with Gasteiger partial charge in [0, 0.05) is 36.5 Å². The van der Waals surface area contributed by atoms with Gasteiger partial charge in [0.15, 0.2) is 0 Å². The number of nitrogen functional groups attached to an aromatic ring is 1. The third-order valence-electron chi connectivity index (χ3n) is 1.86. The van der Waals surface area contributed by atoms with Crippen LogP contribution in [-0.4, -0.2) is 25.0 Å². The first-order valence-electron chi connectivity index (χ1n) is 4.55. The van der Waals surface area contributed by atoms with E-state index in [0.717, 1.165) is 11.7 Å². The molecule has 0 aliphatic rings. The molecule has 1 unspecified atom stereocenters. The first kappa shape index (κ1) is 9.91. The van der Waals surface area contributed by atoms with Crippen molar-refractivity contribution in [1.82, 2.24) is 18.9 Å². The predicted molar refractivity (Wildman–Crippen MR) is 59.6 cm³/mol. The lowest BCUT2D eigenvalue weighted by Gasteiger charge is -2.12. The molecule has 80 valence electrons. The molecule has 0 fully saturated rings. The number of nitrogens with two attached hydrogens (primary N) is 1. The number of imidazole rings is 1. The zero-order chi connectivity index (χ0) is 10.7. The number of hydrogen-bond acceptors (Lipinski definition) is 6.